The number of hydrogen-bond acceptors (Lipinski definition) is 4. The molecule has 0 radical (unpaired) electrons. The van der Waals surface area contributed by atoms with E-state index < -0.39 is 0 Å². The second-order valence-electron chi connectivity index (χ2n) is 7.57. The molecular weight excluding hydrogens is 387 g/mol. The molecule has 2 aliphatic rings. The number of fused-ring (bicyclic) bond motifs is 1. The topological polar surface area (TPSA) is 81.1 Å². The van der Waals surface area contributed by atoms with Crippen LogP contribution in [0.25, 0.3) is 0 Å². The first-order valence-electron chi connectivity index (χ1n) is 9.24. The van der Waals surface area contributed by atoms with Gasteiger partial charge in [0.15, 0.2) is 0 Å². The van der Waals surface area contributed by atoms with Crippen molar-refractivity contribution >= 4 is 24.5 Å². The van der Waals surface area contributed by atoms with E-state index in [1.807, 2.05) is 6.07 Å². The summed E-state index contributed by atoms with van der Waals surface area (Å²) in [5, 5.41) is 14.1. The first kappa shape index (κ1) is 24.3. The minimum absolute atomic E-state index is 0.250. The van der Waals surface area contributed by atoms with Gasteiger partial charge >= 0.3 is 0 Å². The predicted molar refractivity (Wildman–Crippen MR) is 107 cm³/mol. The highest BCUT2D eigenvalue weighted by Crippen LogP contribution is 2.46. The quantitative estimate of drug-likeness (QED) is 0.732. The van der Waals surface area contributed by atoms with E-state index in [2.05, 4.69) is 30.9 Å². The lowest BCUT2D eigenvalue weighted by molar-refractivity contribution is -0.123. The summed E-state index contributed by atoms with van der Waals surface area (Å²) in [4.78, 5) is 21.5. The van der Waals surface area contributed by atoms with E-state index in [0.717, 1.165) is 30.0 Å². The fraction of sp³-hybridized carbons (Fsp3) is 0.600. The number of nitrogens with zero attached hydrogens (tertiary/aromatic N) is 2. The number of hydrogen-bond donors (Lipinski definition) is 2. The maximum atomic E-state index is 13.6. The molecule has 2 fully saturated rings. The molecule has 3 rings (SSSR count). The van der Waals surface area contributed by atoms with Gasteiger partial charge in [-0.25, -0.2) is 4.39 Å². The van der Waals surface area contributed by atoms with Crippen LogP contribution in [-0.2, 0) is 16.1 Å². The van der Waals surface area contributed by atoms with E-state index in [4.69, 9.17) is 31.4 Å². The van der Waals surface area contributed by atoms with E-state index >= 15 is 0 Å². The molecule has 6 nitrogen and oxygen atoms in total. The largest absolute Gasteiger partial charge is 0.483 e. The predicted octanol–water partition coefficient (Wildman–Crippen LogP) is 3.43. The molecule has 2 saturated carbocycles. The highest BCUT2D eigenvalue weighted by Gasteiger charge is 2.43. The average Bonchev–Trinajstić information content (AvgIpc) is 3.19. The molecule has 158 valence electrons. The number of carbonyl (C=O) groups is 2. The van der Waals surface area contributed by atoms with Gasteiger partial charge in [0.05, 0.1) is 5.02 Å². The molecule has 28 heavy (non-hydrogen) atoms. The van der Waals surface area contributed by atoms with Gasteiger partial charge in [-0.3, -0.25) is 14.5 Å². The number of carboxylic acid groups (broad SMARTS) is 2. The number of benzene rings is 1. The highest BCUT2D eigenvalue weighted by atomic mass is 35.5. The van der Waals surface area contributed by atoms with Gasteiger partial charge in [-0.1, -0.05) is 23.7 Å². The minimum atomic E-state index is -0.315. The zero-order valence-corrected chi connectivity index (χ0v) is 17.3. The van der Waals surface area contributed by atoms with E-state index in [1.54, 1.807) is 6.07 Å². The van der Waals surface area contributed by atoms with Crippen molar-refractivity contribution < 1.29 is 24.2 Å². The standard InChI is InChI=1S/C18H26ClFN2.2CH2O2/c1-21(2)15-7-13-9-16(10-14(13)8-15)22(3)11-12-5-4-6-17(20)18(12)19;2*2-1-3/h4-6,13-16H,7-11H2,1-3H3;2*1H,(H,2,3)/t13-,14+,15?,16?;;. The van der Waals surface area contributed by atoms with E-state index in [9.17, 15) is 4.39 Å². The summed E-state index contributed by atoms with van der Waals surface area (Å²) in [5.41, 5.74) is 0.896. The highest BCUT2D eigenvalue weighted by molar-refractivity contribution is 6.31. The van der Waals surface area contributed by atoms with Crippen molar-refractivity contribution in [3.05, 3.63) is 34.6 Å². The first-order valence-corrected chi connectivity index (χ1v) is 9.61. The first-order chi connectivity index (χ1) is 13.3. The summed E-state index contributed by atoms with van der Waals surface area (Å²) in [6.07, 6.45) is 5.22. The Morgan fingerprint density at radius 1 is 1.04 bits per heavy atom. The van der Waals surface area contributed by atoms with Crippen molar-refractivity contribution in [2.24, 2.45) is 11.8 Å². The third kappa shape index (κ3) is 6.72. The summed E-state index contributed by atoms with van der Waals surface area (Å²) < 4.78 is 13.6. The Bertz CT molecular complexity index is 612. The van der Waals surface area contributed by atoms with Gasteiger partial charge in [0, 0.05) is 18.6 Å². The molecule has 0 bridgehead atoms. The van der Waals surface area contributed by atoms with Crippen molar-refractivity contribution in [1.82, 2.24) is 9.80 Å². The second-order valence-corrected chi connectivity index (χ2v) is 7.95. The summed E-state index contributed by atoms with van der Waals surface area (Å²) in [6, 6.07) is 6.47. The molecule has 1 aromatic rings. The monoisotopic (exact) mass is 416 g/mol. The van der Waals surface area contributed by atoms with Crippen LogP contribution in [0.15, 0.2) is 18.2 Å². The average molecular weight is 417 g/mol. The molecule has 2 N–H and O–H groups in total. The fourth-order valence-electron chi connectivity index (χ4n) is 4.40. The zero-order chi connectivity index (χ0) is 21.3. The van der Waals surface area contributed by atoms with Crippen molar-refractivity contribution in [2.75, 3.05) is 21.1 Å². The van der Waals surface area contributed by atoms with E-state index in [-0.39, 0.29) is 23.8 Å². The lowest BCUT2D eigenvalue weighted by Crippen LogP contribution is -2.31. The van der Waals surface area contributed by atoms with Gasteiger partial charge in [-0.05, 0) is 70.3 Å². The van der Waals surface area contributed by atoms with Gasteiger partial charge in [0.25, 0.3) is 12.9 Å². The van der Waals surface area contributed by atoms with Crippen LogP contribution in [0, 0.1) is 17.7 Å². The Balaban J connectivity index is 0.000000582. The van der Waals surface area contributed by atoms with Gasteiger partial charge in [0.2, 0.25) is 0 Å². The molecule has 2 aliphatic carbocycles. The summed E-state index contributed by atoms with van der Waals surface area (Å²) in [7, 11) is 6.54. The zero-order valence-electron chi connectivity index (χ0n) is 16.6. The lowest BCUT2D eigenvalue weighted by Gasteiger charge is -2.27. The third-order valence-corrected chi connectivity index (χ3v) is 6.19. The van der Waals surface area contributed by atoms with Crippen molar-refractivity contribution in [1.29, 1.82) is 0 Å². The van der Waals surface area contributed by atoms with Crippen LogP contribution in [0.4, 0.5) is 4.39 Å². The lowest BCUT2D eigenvalue weighted by atomic mass is 10.0. The molecular formula is C20H30ClFN2O4. The SMILES string of the molecule is CN(C)C1C[C@@H]2CC(N(C)Cc3cccc(F)c3Cl)C[C@@H]2C1.O=CO.O=CO. The van der Waals surface area contributed by atoms with Crippen molar-refractivity contribution in [3.8, 4) is 0 Å². The van der Waals surface area contributed by atoms with Gasteiger partial charge in [-0.15, -0.1) is 0 Å². The molecule has 0 saturated heterocycles. The second kappa shape index (κ2) is 12.0. The Kier molecular flexibility index (Phi) is 10.4. The van der Waals surface area contributed by atoms with Crippen molar-refractivity contribution in [3.63, 3.8) is 0 Å². The van der Waals surface area contributed by atoms with Gasteiger partial charge < -0.3 is 15.1 Å². The summed E-state index contributed by atoms with van der Waals surface area (Å²) >= 11 is 6.09. The Hall–Kier alpha value is -1.70. The van der Waals surface area contributed by atoms with Gasteiger partial charge in [0.1, 0.15) is 5.82 Å². The molecule has 0 aliphatic heterocycles. The molecule has 2 unspecified atom stereocenters. The van der Waals surface area contributed by atoms with E-state index in [1.165, 1.54) is 31.7 Å². The summed E-state index contributed by atoms with van der Waals surface area (Å²) in [5.74, 6) is 1.41. The maximum absolute atomic E-state index is 13.6. The minimum Gasteiger partial charge on any atom is -0.483 e. The maximum Gasteiger partial charge on any atom is 0.290 e. The smallest absolute Gasteiger partial charge is 0.290 e. The fourth-order valence-corrected chi connectivity index (χ4v) is 4.59. The van der Waals surface area contributed by atoms with Crippen LogP contribution in [-0.4, -0.2) is 66.2 Å². The Labute approximate surface area is 170 Å². The Morgan fingerprint density at radius 2 is 1.50 bits per heavy atom. The molecule has 8 heteroatoms. The van der Waals surface area contributed by atoms with E-state index in [0.29, 0.717) is 6.04 Å². The molecule has 4 atom stereocenters. The van der Waals surface area contributed by atoms with Crippen LogP contribution in [0.2, 0.25) is 5.02 Å². The number of halogens is 2. The van der Waals surface area contributed by atoms with Crippen molar-refractivity contribution in [2.45, 2.75) is 44.3 Å². The van der Waals surface area contributed by atoms with Crippen LogP contribution < -0.4 is 0 Å². The van der Waals surface area contributed by atoms with Crippen LogP contribution in [0.3, 0.4) is 0 Å². The molecule has 1 aromatic carbocycles. The summed E-state index contributed by atoms with van der Waals surface area (Å²) in [6.45, 7) is 0.234. The normalized spacial score (nSPS) is 25.4. The Morgan fingerprint density at radius 3 is 1.96 bits per heavy atom. The molecule has 0 aromatic heterocycles. The van der Waals surface area contributed by atoms with Gasteiger partial charge in [-0.2, -0.15) is 0 Å². The van der Waals surface area contributed by atoms with Crippen LogP contribution in [0.5, 0.6) is 0 Å². The third-order valence-electron chi connectivity index (χ3n) is 5.77. The molecule has 0 heterocycles. The van der Waals surface area contributed by atoms with Crippen LogP contribution >= 0.6 is 11.6 Å². The van der Waals surface area contributed by atoms with Crippen LogP contribution in [0.1, 0.15) is 31.2 Å². The molecule has 0 spiro atoms. The number of rotatable bonds is 4. The molecule has 0 amide bonds.